The van der Waals surface area contributed by atoms with Crippen molar-refractivity contribution in [2.75, 3.05) is 10.5 Å². The van der Waals surface area contributed by atoms with Crippen LogP contribution in [0, 0.1) is 0 Å². The second kappa shape index (κ2) is 6.14. The summed E-state index contributed by atoms with van der Waals surface area (Å²) in [7, 11) is -4.73. The van der Waals surface area contributed by atoms with Crippen LogP contribution in [0.1, 0.15) is 11.1 Å². The van der Waals surface area contributed by atoms with Crippen molar-refractivity contribution in [3.05, 3.63) is 53.6 Å². The van der Waals surface area contributed by atoms with E-state index in [-0.39, 0.29) is 29.6 Å². The smallest absolute Gasteiger partial charge is 0.397 e. The molecule has 0 aliphatic heterocycles. The van der Waals surface area contributed by atoms with Crippen molar-refractivity contribution in [2.24, 2.45) is 0 Å². The van der Waals surface area contributed by atoms with Gasteiger partial charge in [0.05, 0.1) is 27.4 Å². The number of sulfonamides is 1. The van der Waals surface area contributed by atoms with E-state index in [0.717, 1.165) is 0 Å². The van der Waals surface area contributed by atoms with Gasteiger partial charge < -0.3 is 5.73 Å². The molecule has 0 aromatic heterocycles. The summed E-state index contributed by atoms with van der Waals surface area (Å²) in [6, 6.07) is 5.47. The number of benzene rings is 2. The van der Waals surface area contributed by atoms with Gasteiger partial charge in [-0.2, -0.15) is 26.3 Å². The van der Waals surface area contributed by atoms with Crippen LogP contribution in [0.3, 0.4) is 0 Å². The van der Waals surface area contributed by atoms with Gasteiger partial charge >= 0.3 is 12.4 Å². The summed E-state index contributed by atoms with van der Waals surface area (Å²) in [6.07, 6.45) is -10.3. The Morgan fingerprint density at radius 2 is 1.32 bits per heavy atom. The second-order valence-corrected chi connectivity index (χ2v) is 6.62. The van der Waals surface area contributed by atoms with Crippen LogP contribution in [0.4, 0.5) is 37.7 Å². The Morgan fingerprint density at radius 1 is 0.840 bits per heavy atom. The van der Waals surface area contributed by atoms with Crippen LogP contribution >= 0.6 is 0 Å². The highest BCUT2D eigenvalue weighted by Gasteiger charge is 2.38. The zero-order chi connectivity index (χ0) is 19.0. The maximum Gasteiger partial charge on any atom is 0.416 e. The van der Waals surface area contributed by atoms with Gasteiger partial charge in [-0.15, -0.1) is 0 Å². The summed E-state index contributed by atoms with van der Waals surface area (Å²) in [5.41, 5.74) is 1.83. The fourth-order valence-corrected chi connectivity index (χ4v) is 3.03. The van der Waals surface area contributed by atoms with Crippen molar-refractivity contribution < 1.29 is 34.8 Å². The first-order valence-electron chi connectivity index (χ1n) is 6.47. The van der Waals surface area contributed by atoms with Crippen molar-refractivity contribution in [3.8, 4) is 0 Å². The maximum atomic E-state index is 12.8. The van der Waals surface area contributed by atoms with E-state index in [4.69, 9.17) is 5.73 Å². The monoisotopic (exact) mass is 384 g/mol. The standard InChI is InChI=1S/C14H10F6N2O2S/c15-13(16,17)8-5-9(14(18,19)20)7-10(6-8)25(23,24)22-12-4-2-1-3-11(12)21/h1-7,22H,21H2. The van der Waals surface area contributed by atoms with Crippen molar-refractivity contribution in [3.63, 3.8) is 0 Å². The predicted octanol–water partition coefficient (Wildman–Crippen LogP) is 4.11. The van der Waals surface area contributed by atoms with Gasteiger partial charge in [-0.25, -0.2) is 8.42 Å². The van der Waals surface area contributed by atoms with Gasteiger partial charge in [-0.3, -0.25) is 4.72 Å². The molecule has 0 bridgehead atoms. The molecule has 0 aliphatic rings. The van der Waals surface area contributed by atoms with Crippen molar-refractivity contribution in [1.82, 2.24) is 0 Å². The van der Waals surface area contributed by atoms with E-state index in [1.165, 1.54) is 24.3 Å². The Kier molecular flexibility index (Phi) is 4.64. The molecule has 25 heavy (non-hydrogen) atoms. The molecule has 0 aliphatic carbocycles. The van der Waals surface area contributed by atoms with Crippen LogP contribution in [0.15, 0.2) is 47.4 Å². The van der Waals surface area contributed by atoms with E-state index in [1.807, 2.05) is 4.72 Å². The number of halogens is 6. The summed E-state index contributed by atoms with van der Waals surface area (Å²) < 4.78 is 103. The fraction of sp³-hybridized carbons (Fsp3) is 0.143. The first-order valence-corrected chi connectivity index (χ1v) is 7.96. The Balaban J connectivity index is 2.58. The minimum atomic E-state index is -5.16. The number of anilines is 2. The third-order valence-corrected chi connectivity index (χ3v) is 4.42. The first-order chi connectivity index (χ1) is 11.3. The molecule has 4 nitrogen and oxygen atoms in total. The second-order valence-electron chi connectivity index (χ2n) is 4.93. The van der Waals surface area contributed by atoms with E-state index in [1.54, 1.807) is 0 Å². The molecule has 0 spiro atoms. The molecular weight excluding hydrogens is 374 g/mol. The number of para-hydroxylation sites is 2. The minimum absolute atomic E-state index is 0.0471. The largest absolute Gasteiger partial charge is 0.416 e. The van der Waals surface area contributed by atoms with Gasteiger partial charge in [0, 0.05) is 0 Å². The van der Waals surface area contributed by atoms with E-state index in [9.17, 15) is 34.8 Å². The van der Waals surface area contributed by atoms with Gasteiger partial charge in [-0.1, -0.05) is 12.1 Å². The van der Waals surface area contributed by atoms with Gasteiger partial charge in [0.2, 0.25) is 0 Å². The predicted molar refractivity (Wildman–Crippen MR) is 78.1 cm³/mol. The molecule has 0 radical (unpaired) electrons. The molecule has 0 fully saturated rings. The number of nitrogens with two attached hydrogens (primary N) is 1. The van der Waals surface area contributed by atoms with Gasteiger partial charge in [-0.05, 0) is 30.3 Å². The molecule has 2 aromatic carbocycles. The topological polar surface area (TPSA) is 72.2 Å². The molecule has 11 heteroatoms. The molecule has 2 aromatic rings. The van der Waals surface area contributed by atoms with Gasteiger partial charge in [0.15, 0.2) is 0 Å². The van der Waals surface area contributed by atoms with E-state index in [0.29, 0.717) is 0 Å². The number of hydrogen-bond acceptors (Lipinski definition) is 3. The molecule has 2 rings (SSSR count). The number of nitrogens with one attached hydrogen (secondary N) is 1. The Labute approximate surface area is 138 Å². The van der Waals surface area contributed by atoms with Crippen molar-refractivity contribution in [2.45, 2.75) is 17.2 Å². The van der Waals surface area contributed by atoms with Crippen molar-refractivity contribution >= 4 is 21.4 Å². The number of rotatable bonds is 3. The van der Waals surface area contributed by atoms with Crippen LogP contribution in [-0.4, -0.2) is 8.42 Å². The van der Waals surface area contributed by atoms with Crippen LogP contribution in [-0.2, 0) is 22.4 Å². The molecular formula is C14H10F6N2O2S. The molecule has 0 atom stereocenters. The SMILES string of the molecule is Nc1ccccc1NS(=O)(=O)c1cc(C(F)(F)F)cc(C(F)(F)F)c1. The van der Waals surface area contributed by atoms with Gasteiger partial charge in [0.1, 0.15) is 0 Å². The van der Waals surface area contributed by atoms with E-state index in [2.05, 4.69) is 0 Å². The Bertz CT molecular complexity index is 859. The zero-order valence-corrected chi connectivity index (χ0v) is 12.9. The summed E-state index contributed by atoms with van der Waals surface area (Å²) in [6.45, 7) is 0. The molecule has 0 unspecified atom stereocenters. The molecule has 0 saturated heterocycles. The maximum absolute atomic E-state index is 12.8. The summed E-state index contributed by atoms with van der Waals surface area (Å²) in [5.74, 6) is 0. The lowest BCUT2D eigenvalue weighted by atomic mass is 10.1. The van der Waals surface area contributed by atoms with Crippen LogP contribution in [0.25, 0.3) is 0 Å². The Morgan fingerprint density at radius 3 is 1.76 bits per heavy atom. The van der Waals surface area contributed by atoms with Crippen LogP contribution in [0.5, 0.6) is 0 Å². The summed E-state index contributed by atoms with van der Waals surface area (Å²) in [4.78, 5) is -1.18. The fourth-order valence-electron chi connectivity index (χ4n) is 1.88. The lowest BCUT2D eigenvalue weighted by molar-refractivity contribution is -0.143. The minimum Gasteiger partial charge on any atom is -0.397 e. The number of hydrogen-bond donors (Lipinski definition) is 2. The van der Waals surface area contributed by atoms with Gasteiger partial charge in [0.25, 0.3) is 10.0 Å². The quantitative estimate of drug-likeness (QED) is 0.618. The highest BCUT2D eigenvalue weighted by molar-refractivity contribution is 7.92. The third kappa shape index (κ3) is 4.35. The normalized spacial score (nSPS) is 12.9. The highest BCUT2D eigenvalue weighted by atomic mass is 32.2. The Hall–Kier alpha value is -2.43. The third-order valence-electron chi connectivity index (χ3n) is 3.08. The lowest BCUT2D eigenvalue weighted by Crippen LogP contribution is -2.18. The molecule has 136 valence electrons. The highest BCUT2D eigenvalue weighted by Crippen LogP contribution is 2.37. The van der Waals surface area contributed by atoms with Crippen LogP contribution in [0.2, 0.25) is 0 Å². The van der Waals surface area contributed by atoms with Crippen molar-refractivity contribution in [1.29, 1.82) is 0 Å². The first kappa shape index (κ1) is 18.9. The molecule has 3 N–H and O–H groups in total. The zero-order valence-electron chi connectivity index (χ0n) is 12.1. The average Bonchev–Trinajstić information content (AvgIpc) is 2.47. The molecule has 0 saturated carbocycles. The number of alkyl halides is 6. The van der Waals surface area contributed by atoms with Crippen LogP contribution < -0.4 is 10.5 Å². The number of nitrogen functional groups attached to an aromatic ring is 1. The molecule has 0 heterocycles. The van der Waals surface area contributed by atoms with E-state index < -0.39 is 38.4 Å². The average molecular weight is 384 g/mol. The molecule has 0 amide bonds. The summed E-state index contributed by atoms with van der Waals surface area (Å²) in [5, 5.41) is 0. The lowest BCUT2D eigenvalue weighted by Gasteiger charge is -2.15. The van der Waals surface area contributed by atoms with E-state index >= 15 is 0 Å². The summed E-state index contributed by atoms with van der Waals surface area (Å²) >= 11 is 0.